The van der Waals surface area contributed by atoms with Crippen LogP contribution in [0.25, 0.3) is 0 Å². The van der Waals surface area contributed by atoms with Gasteiger partial charge >= 0.3 is 0 Å². The Bertz CT molecular complexity index is 239. The van der Waals surface area contributed by atoms with Crippen molar-refractivity contribution in [3.8, 4) is 0 Å². The zero-order chi connectivity index (χ0) is 9.69. The molecule has 2 aliphatic rings. The first-order chi connectivity index (χ1) is 5.96. The first kappa shape index (κ1) is 8.85. The maximum absolute atomic E-state index is 4.34. The van der Waals surface area contributed by atoms with Crippen LogP contribution in [0.3, 0.4) is 0 Å². The molecular formula is C10H19N3. The Morgan fingerprint density at radius 1 is 1.31 bits per heavy atom. The lowest BCUT2D eigenvalue weighted by molar-refractivity contribution is 0.457. The average molecular weight is 181 g/mol. The number of hydrogen-bond acceptors (Lipinski definition) is 3. The van der Waals surface area contributed by atoms with Gasteiger partial charge in [-0.1, -0.05) is 27.7 Å². The van der Waals surface area contributed by atoms with E-state index in [4.69, 9.17) is 0 Å². The Labute approximate surface area is 80.0 Å². The summed E-state index contributed by atoms with van der Waals surface area (Å²) in [4.78, 5) is 4.34. The van der Waals surface area contributed by atoms with E-state index in [1.807, 2.05) is 0 Å². The lowest BCUT2D eigenvalue weighted by atomic mass is 10.0. The third-order valence-electron chi connectivity index (χ3n) is 3.98. The molecule has 1 saturated carbocycles. The van der Waals surface area contributed by atoms with Crippen molar-refractivity contribution in [1.29, 1.82) is 0 Å². The van der Waals surface area contributed by atoms with Gasteiger partial charge in [0.15, 0.2) is 5.96 Å². The van der Waals surface area contributed by atoms with Crippen molar-refractivity contribution in [2.24, 2.45) is 15.8 Å². The third kappa shape index (κ3) is 1.13. The monoisotopic (exact) mass is 181 g/mol. The van der Waals surface area contributed by atoms with Crippen LogP contribution in [-0.4, -0.2) is 25.1 Å². The van der Waals surface area contributed by atoms with E-state index in [9.17, 15) is 0 Å². The van der Waals surface area contributed by atoms with Crippen molar-refractivity contribution >= 4 is 5.96 Å². The summed E-state index contributed by atoms with van der Waals surface area (Å²) >= 11 is 0. The van der Waals surface area contributed by atoms with Gasteiger partial charge in [-0.05, 0) is 10.8 Å². The quantitative estimate of drug-likeness (QED) is 0.632. The number of rotatable bonds is 1. The van der Waals surface area contributed by atoms with Gasteiger partial charge in [0.2, 0.25) is 0 Å². The molecule has 3 heteroatoms. The Hall–Kier alpha value is -0.730. The normalized spacial score (nSPS) is 29.4. The molecule has 13 heavy (non-hydrogen) atoms. The summed E-state index contributed by atoms with van der Waals surface area (Å²) in [5.74, 6) is 0.989. The molecule has 2 N–H and O–H groups in total. The predicted molar refractivity (Wildman–Crippen MR) is 54.8 cm³/mol. The van der Waals surface area contributed by atoms with E-state index in [2.05, 4.69) is 43.3 Å². The molecular weight excluding hydrogens is 162 g/mol. The minimum atomic E-state index is 0.389. The summed E-state index contributed by atoms with van der Waals surface area (Å²) in [6, 6.07) is 0.560. The van der Waals surface area contributed by atoms with Crippen LogP contribution in [0.2, 0.25) is 0 Å². The molecule has 0 amide bonds. The van der Waals surface area contributed by atoms with Crippen molar-refractivity contribution < 1.29 is 0 Å². The maximum Gasteiger partial charge on any atom is 0.191 e. The molecule has 1 aliphatic carbocycles. The topological polar surface area (TPSA) is 36.4 Å². The maximum atomic E-state index is 4.34. The fourth-order valence-electron chi connectivity index (χ4n) is 2.19. The molecule has 2 rings (SSSR count). The van der Waals surface area contributed by atoms with Crippen molar-refractivity contribution in [3.05, 3.63) is 0 Å². The Morgan fingerprint density at radius 3 is 2.31 bits per heavy atom. The summed E-state index contributed by atoms with van der Waals surface area (Å²) in [5.41, 5.74) is 0.777. The van der Waals surface area contributed by atoms with E-state index < -0.39 is 0 Å². The molecule has 1 fully saturated rings. The third-order valence-corrected chi connectivity index (χ3v) is 3.98. The SMILES string of the molecule is CC1(C)C(NC2=NCCN2)C1(C)C. The zero-order valence-corrected chi connectivity index (χ0v) is 8.94. The first-order valence-electron chi connectivity index (χ1n) is 5.01. The van der Waals surface area contributed by atoms with Crippen LogP contribution in [0.15, 0.2) is 4.99 Å². The fourth-order valence-corrected chi connectivity index (χ4v) is 2.19. The molecule has 74 valence electrons. The second-order valence-electron chi connectivity index (χ2n) is 5.18. The van der Waals surface area contributed by atoms with E-state index in [1.165, 1.54) is 0 Å². The molecule has 0 atom stereocenters. The molecule has 0 aromatic rings. The van der Waals surface area contributed by atoms with E-state index in [1.54, 1.807) is 0 Å². The predicted octanol–water partition coefficient (Wildman–Crippen LogP) is 0.970. The van der Waals surface area contributed by atoms with Crippen LogP contribution in [0.1, 0.15) is 27.7 Å². The summed E-state index contributed by atoms with van der Waals surface area (Å²) in [6.45, 7) is 11.1. The fraction of sp³-hybridized carbons (Fsp3) is 0.900. The van der Waals surface area contributed by atoms with Crippen LogP contribution in [-0.2, 0) is 0 Å². The van der Waals surface area contributed by atoms with Gasteiger partial charge in [-0.25, -0.2) is 0 Å². The van der Waals surface area contributed by atoms with Crippen LogP contribution >= 0.6 is 0 Å². The first-order valence-corrected chi connectivity index (χ1v) is 5.01. The number of hydrogen-bond donors (Lipinski definition) is 2. The van der Waals surface area contributed by atoms with E-state index >= 15 is 0 Å². The van der Waals surface area contributed by atoms with Gasteiger partial charge in [-0.3, -0.25) is 4.99 Å². The Morgan fingerprint density at radius 2 is 1.92 bits per heavy atom. The van der Waals surface area contributed by atoms with Gasteiger partial charge < -0.3 is 10.6 Å². The second-order valence-corrected chi connectivity index (χ2v) is 5.18. The van der Waals surface area contributed by atoms with Crippen LogP contribution in [0.5, 0.6) is 0 Å². The highest BCUT2D eigenvalue weighted by molar-refractivity contribution is 5.82. The summed E-state index contributed by atoms with van der Waals surface area (Å²) in [5, 5.41) is 6.71. The molecule has 0 saturated heterocycles. The van der Waals surface area contributed by atoms with Crippen molar-refractivity contribution in [1.82, 2.24) is 10.6 Å². The van der Waals surface area contributed by atoms with Crippen LogP contribution < -0.4 is 10.6 Å². The average Bonchev–Trinajstić information content (AvgIpc) is 2.44. The number of guanidine groups is 1. The molecule has 0 aromatic carbocycles. The lowest BCUT2D eigenvalue weighted by Crippen LogP contribution is -2.37. The number of nitrogens with zero attached hydrogens (tertiary/aromatic N) is 1. The highest BCUT2D eigenvalue weighted by atomic mass is 15.3. The zero-order valence-electron chi connectivity index (χ0n) is 8.94. The molecule has 1 heterocycles. The Kier molecular flexibility index (Phi) is 1.63. The van der Waals surface area contributed by atoms with E-state index in [-0.39, 0.29) is 0 Å². The molecule has 0 bridgehead atoms. The minimum Gasteiger partial charge on any atom is -0.355 e. The molecule has 0 radical (unpaired) electrons. The summed E-state index contributed by atoms with van der Waals surface area (Å²) in [7, 11) is 0. The van der Waals surface area contributed by atoms with Crippen molar-refractivity contribution in [2.75, 3.05) is 13.1 Å². The highest BCUT2D eigenvalue weighted by Gasteiger charge is 2.65. The van der Waals surface area contributed by atoms with Crippen LogP contribution in [0.4, 0.5) is 0 Å². The molecule has 0 unspecified atom stereocenters. The number of aliphatic imine (C=N–C) groups is 1. The van der Waals surface area contributed by atoms with E-state index in [0.29, 0.717) is 16.9 Å². The molecule has 0 aromatic heterocycles. The van der Waals surface area contributed by atoms with Gasteiger partial charge in [0, 0.05) is 12.6 Å². The van der Waals surface area contributed by atoms with Crippen molar-refractivity contribution in [2.45, 2.75) is 33.7 Å². The van der Waals surface area contributed by atoms with Gasteiger partial charge in [-0.2, -0.15) is 0 Å². The molecule has 1 aliphatic heterocycles. The molecule has 3 nitrogen and oxygen atoms in total. The summed E-state index contributed by atoms with van der Waals surface area (Å²) in [6.07, 6.45) is 0. The largest absolute Gasteiger partial charge is 0.355 e. The smallest absolute Gasteiger partial charge is 0.191 e. The second kappa shape index (κ2) is 2.40. The Balaban J connectivity index is 1.98. The van der Waals surface area contributed by atoms with Gasteiger partial charge in [0.05, 0.1) is 6.54 Å². The van der Waals surface area contributed by atoms with Gasteiger partial charge in [0.1, 0.15) is 0 Å². The van der Waals surface area contributed by atoms with Gasteiger partial charge in [0.25, 0.3) is 0 Å². The van der Waals surface area contributed by atoms with E-state index in [0.717, 1.165) is 19.0 Å². The highest BCUT2D eigenvalue weighted by Crippen LogP contribution is 2.62. The molecule has 0 spiro atoms. The number of nitrogens with one attached hydrogen (secondary N) is 2. The van der Waals surface area contributed by atoms with Crippen molar-refractivity contribution in [3.63, 3.8) is 0 Å². The minimum absolute atomic E-state index is 0.389. The standard InChI is InChI=1S/C10H19N3/c1-9(2)7(10(9,3)4)13-8-11-5-6-12-8/h7H,5-6H2,1-4H3,(H2,11,12,13). The van der Waals surface area contributed by atoms with Crippen LogP contribution in [0, 0.1) is 10.8 Å². The lowest BCUT2D eigenvalue weighted by Gasteiger charge is -2.07. The summed E-state index contributed by atoms with van der Waals surface area (Å²) < 4.78 is 0. The van der Waals surface area contributed by atoms with Gasteiger partial charge in [-0.15, -0.1) is 0 Å².